The van der Waals surface area contributed by atoms with E-state index in [9.17, 15) is 0 Å². The van der Waals surface area contributed by atoms with Crippen molar-refractivity contribution in [3.8, 4) is 23.0 Å². The van der Waals surface area contributed by atoms with Crippen LogP contribution in [0.4, 0.5) is 0 Å². The second-order valence-electron chi connectivity index (χ2n) is 5.70. The zero-order chi connectivity index (χ0) is 16.8. The largest absolute Gasteiger partial charge is 0.493 e. The number of nitrogens with one attached hydrogen (secondary N) is 1. The monoisotopic (exact) mass is 329 g/mol. The van der Waals surface area contributed by atoms with E-state index in [-0.39, 0.29) is 6.10 Å². The lowest BCUT2D eigenvalue weighted by Crippen LogP contribution is -2.39. The lowest BCUT2D eigenvalue weighted by Gasteiger charge is -2.26. The summed E-state index contributed by atoms with van der Waals surface area (Å²) >= 11 is 0. The van der Waals surface area contributed by atoms with E-state index in [2.05, 4.69) is 5.32 Å². The molecule has 1 aliphatic rings. The Morgan fingerprint density at radius 3 is 2.79 bits per heavy atom. The molecule has 0 saturated carbocycles. The van der Waals surface area contributed by atoms with E-state index in [1.54, 1.807) is 7.11 Å². The number of methoxy groups -OCH3 is 1. The molecule has 5 heteroatoms. The third-order valence-corrected chi connectivity index (χ3v) is 3.80. The summed E-state index contributed by atoms with van der Waals surface area (Å²) in [5, 5.41) is 3.33. The number of hydrogen-bond acceptors (Lipinski definition) is 5. The molecule has 5 nitrogen and oxygen atoms in total. The summed E-state index contributed by atoms with van der Waals surface area (Å²) in [6, 6.07) is 13.6. The van der Waals surface area contributed by atoms with Gasteiger partial charge in [-0.15, -0.1) is 0 Å². The summed E-state index contributed by atoms with van der Waals surface area (Å²) in [4.78, 5) is 0. The second-order valence-corrected chi connectivity index (χ2v) is 5.70. The molecule has 1 unspecified atom stereocenters. The normalized spacial score (nSPS) is 15.8. The Kier molecular flexibility index (Phi) is 5.43. The van der Waals surface area contributed by atoms with Crippen LogP contribution in [0.25, 0.3) is 0 Å². The lowest BCUT2D eigenvalue weighted by atomic mass is 10.2. The lowest BCUT2D eigenvalue weighted by molar-refractivity contribution is 0.0897. The van der Waals surface area contributed by atoms with Crippen LogP contribution in [0, 0.1) is 6.92 Å². The third kappa shape index (κ3) is 4.11. The maximum Gasteiger partial charge on any atom is 0.161 e. The van der Waals surface area contributed by atoms with Crippen LogP contribution in [0.1, 0.15) is 5.56 Å². The first-order valence-corrected chi connectivity index (χ1v) is 8.13. The Bertz CT molecular complexity index is 674. The van der Waals surface area contributed by atoms with Crippen LogP contribution in [-0.4, -0.2) is 39.5 Å². The molecular formula is C19H23NO4. The predicted octanol–water partition coefficient (Wildman–Crippen LogP) is 2.81. The number of rotatable bonds is 7. The van der Waals surface area contributed by atoms with E-state index in [0.29, 0.717) is 19.8 Å². The zero-order valence-electron chi connectivity index (χ0n) is 14.1. The number of ether oxygens (including phenoxy) is 4. The highest BCUT2D eigenvalue weighted by Crippen LogP contribution is 2.30. The maximum atomic E-state index is 5.90. The molecule has 1 aliphatic heterocycles. The Morgan fingerprint density at radius 2 is 1.96 bits per heavy atom. The number of fused-ring (bicyclic) bond motifs is 1. The summed E-state index contributed by atoms with van der Waals surface area (Å²) in [5.74, 6) is 3.13. The molecule has 0 fully saturated rings. The van der Waals surface area contributed by atoms with Crippen molar-refractivity contribution in [1.82, 2.24) is 5.32 Å². The summed E-state index contributed by atoms with van der Waals surface area (Å²) in [5.41, 5.74) is 1.15. The minimum absolute atomic E-state index is 0.00816. The number of para-hydroxylation sites is 2. The highest BCUT2D eigenvalue weighted by Gasteiger charge is 2.19. The molecule has 1 heterocycles. The smallest absolute Gasteiger partial charge is 0.161 e. The molecule has 3 rings (SSSR count). The molecule has 1 atom stereocenters. The minimum atomic E-state index is 0.00816. The Hall–Kier alpha value is -2.40. The highest BCUT2D eigenvalue weighted by molar-refractivity contribution is 5.42. The van der Waals surface area contributed by atoms with Gasteiger partial charge in [0.25, 0.3) is 0 Å². The molecule has 1 N–H and O–H groups in total. The SMILES string of the molecule is COc1cc(C)ccc1OCCNCC1COc2ccccc2O1. The zero-order valence-corrected chi connectivity index (χ0v) is 14.1. The summed E-state index contributed by atoms with van der Waals surface area (Å²) < 4.78 is 22.7. The number of aryl methyl sites for hydroxylation is 1. The van der Waals surface area contributed by atoms with Crippen molar-refractivity contribution in [3.63, 3.8) is 0 Å². The average molecular weight is 329 g/mol. The first-order chi connectivity index (χ1) is 11.8. The van der Waals surface area contributed by atoms with Gasteiger partial charge in [-0.2, -0.15) is 0 Å². The molecule has 0 saturated heterocycles. The van der Waals surface area contributed by atoms with E-state index in [0.717, 1.165) is 35.1 Å². The van der Waals surface area contributed by atoms with Gasteiger partial charge in [-0.25, -0.2) is 0 Å². The highest BCUT2D eigenvalue weighted by atomic mass is 16.6. The maximum absolute atomic E-state index is 5.90. The van der Waals surface area contributed by atoms with Gasteiger partial charge in [0.15, 0.2) is 23.0 Å². The predicted molar refractivity (Wildman–Crippen MR) is 92.4 cm³/mol. The van der Waals surface area contributed by atoms with Gasteiger partial charge in [0.05, 0.1) is 7.11 Å². The van der Waals surface area contributed by atoms with Crippen LogP contribution in [0.2, 0.25) is 0 Å². The molecular weight excluding hydrogens is 306 g/mol. The van der Waals surface area contributed by atoms with Gasteiger partial charge in [0, 0.05) is 13.1 Å². The van der Waals surface area contributed by atoms with E-state index in [1.807, 2.05) is 49.4 Å². The summed E-state index contributed by atoms with van der Waals surface area (Å²) in [6.07, 6.45) is 0.00816. The van der Waals surface area contributed by atoms with Crippen molar-refractivity contribution in [2.24, 2.45) is 0 Å². The second kappa shape index (κ2) is 7.93. The van der Waals surface area contributed by atoms with Gasteiger partial charge >= 0.3 is 0 Å². The topological polar surface area (TPSA) is 49.0 Å². The van der Waals surface area contributed by atoms with Crippen LogP contribution in [0.3, 0.4) is 0 Å². The van der Waals surface area contributed by atoms with Crippen LogP contribution in [0.5, 0.6) is 23.0 Å². The van der Waals surface area contributed by atoms with Gasteiger partial charge < -0.3 is 24.3 Å². The fraction of sp³-hybridized carbons (Fsp3) is 0.368. The molecule has 2 aromatic rings. The molecule has 0 radical (unpaired) electrons. The van der Waals surface area contributed by atoms with Gasteiger partial charge in [0.2, 0.25) is 0 Å². The van der Waals surface area contributed by atoms with Crippen LogP contribution < -0.4 is 24.3 Å². The van der Waals surface area contributed by atoms with Gasteiger partial charge in [-0.3, -0.25) is 0 Å². The fourth-order valence-corrected chi connectivity index (χ4v) is 2.55. The quantitative estimate of drug-likeness (QED) is 0.792. The number of benzene rings is 2. The molecule has 128 valence electrons. The van der Waals surface area contributed by atoms with Crippen molar-refractivity contribution in [2.45, 2.75) is 13.0 Å². The number of hydrogen-bond donors (Lipinski definition) is 1. The van der Waals surface area contributed by atoms with E-state index in [1.165, 1.54) is 0 Å². The molecule has 0 aromatic heterocycles. The summed E-state index contributed by atoms with van der Waals surface area (Å²) in [6.45, 7) is 4.57. The van der Waals surface area contributed by atoms with Gasteiger partial charge in [-0.1, -0.05) is 18.2 Å². The molecule has 0 spiro atoms. The Morgan fingerprint density at radius 1 is 1.12 bits per heavy atom. The Labute approximate surface area is 142 Å². The first-order valence-electron chi connectivity index (χ1n) is 8.13. The van der Waals surface area contributed by atoms with Gasteiger partial charge in [0.1, 0.15) is 19.3 Å². The van der Waals surface area contributed by atoms with Gasteiger partial charge in [-0.05, 0) is 36.8 Å². The van der Waals surface area contributed by atoms with Crippen molar-refractivity contribution in [1.29, 1.82) is 0 Å². The fourth-order valence-electron chi connectivity index (χ4n) is 2.55. The molecule has 0 amide bonds. The van der Waals surface area contributed by atoms with Crippen LogP contribution in [0.15, 0.2) is 42.5 Å². The van der Waals surface area contributed by atoms with E-state index >= 15 is 0 Å². The van der Waals surface area contributed by atoms with Crippen LogP contribution in [-0.2, 0) is 0 Å². The first kappa shape index (κ1) is 16.5. The van der Waals surface area contributed by atoms with Crippen molar-refractivity contribution in [3.05, 3.63) is 48.0 Å². The van der Waals surface area contributed by atoms with Crippen molar-refractivity contribution >= 4 is 0 Å². The van der Waals surface area contributed by atoms with E-state index in [4.69, 9.17) is 18.9 Å². The molecule has 0 bridgehead atoms. The molecule has 0 aliphatic carbocycles. The standard InChI is InChI=1S/C19H23NO4/c1-14-7-8-17(19(11-14)21-2)22-10-9-20-12-15-13-23-16-5-3-4-6-18(16)24-15/h3-8,11,15,20H,9-10,12-13H2,1-2H3. The van der Waals surface area contributed by atoms with Crippen LogP contribution >= 0.6 is 0 Å². The average Bonchev–Trinajstić information content (AvgIpc) is 2.62. The van der Waals surface area contributed by atoms with Crippen molar-refractivity contribution in [2.75, 3.05) is 33.4 Å². The third-order valence-electron chi connectivity index (χ3n) is 3.80. The molecule has 2 aromatic carbocycles. The summed E-state index contributed by atoms with van der Waals surface area (Å²) in [7, 11) is 1.65. The minimum Gasteiger partial charge on any atom is -0.493 e. The Balaban J connectivity index is 1.39. The van der Waals surface area contributed by atoms with Crippen molar-refractivity contribution < 1.29 is 18.9 Å². The molecule has 24 heavy (non-hydrogen) atoms. The van der Waals surface area contributed by atoms with E-state index < -0.39 is 0 Å².